The third-order valence-corrected chi connectivity index (χ3v) is 5.74. The van der Waals surface area contributed by atoms with Crippen LogP contribution < -0.4 is 4.74 Å². The molecule has 0 bridgehead atoms. The lowest BCUT2D eigenvalue weighted by atomic mass is 9.97. The molecule has 2 aromatic carbocycles. The van der Waals surface area contributed by atoms with E-state index in [2.05, 4.69) is 4.98 Å². The predicted octanol–water partition coefficient (Wildman–Crippen LogP) is 5.10. The number of hydrogen-bond acceptors (Lipinski definition) is 3. The molecule has 0 unspecified atom stereocenters. The van der Waals surface area contributed by atoms with Crippen molar-refractivity contribution in [3.8, 4) is 11.4 Å². The van der Waals surface area contributed by atoms with Crippen molar-refractivity contribution in [2.24, 2.45) is 0 Å². The summed E-state index contributed by atoms with van der Waals surface area (Å²) in [5, 5.41) is 0. The molecule has 4 rings (SSSR count). The first kappa shape index (κ1) is 20.8. The summed E-state index contributed by atoms with van der Waals surface area (Å²) < 4.78 is 20.8. The van der Waals surface area contributed by atoms with Crippen LogP contribution in [0.3, 0.4) is 0 Å². The lowest BCUT2D eigenvalue weighted by molar-refractivity contribution is -0.130. The molecule has 0 spiro atoms. The van der Waals surface area contributed by atoms with E-state index in [0.717, 1.165) is 40.9 Å². The molecular weight excluding hydrogens is 393 g/mol. The predicted molar refractivity (Wildman–Crippen MR) is 119 cm³/mol. The van der Waals surface area contributed by atoms with Crippen LogP contribution in [-0.2, 0) is 4.79 Å². The molecule has 1 aliphatic rings. The zero-order chi connectivity index (χ0) is 22.0. The summed E-state index contributed by atoms with van der Waals surface area (Å²) in [5.41, 5.74) is 4.44. The number of halogens is 1. The zero-order valence-corrected chi connectivity index (χ0v) is 18.0. The summed E-state index contributed by atoms with van der Waals surface area (Å²) in [6.07, 6.45) is 7.26. The van der Waals surface area contributed by atoms with Crippen LogP contribution >= 0.6 is 0 Å². The first-order valence-electron chi connectivity index (χ1n) is 10.4. The van der Waals surface area contributed by atoms with Crippen LogP contribution in [-0.4, -0.2) is 34.0 Å². The molecule has 1 saturated heterocycles. The van der Waals surface area contributed by atoms with Crippen LogP contribution in [0, 0.1) is 12.7 Å². The van der Waals surface area contributed by atoms with E-state index in [0.29, 0.717) is 12.3 Å². The van der Waals surface area contributed by atoms with Crippen LogP contribution in [0.15, 0.2) is 60.6 Å². The monoisotopic (exact) mass is 419 g/mol. The molecule has 5 nitrogen and oxygen atoms in total. The van der Waals surface area contributed by atoms with Gasteiger partial charge in [-0.25, -0.2) is 9.37 Å². The van der Waals surface area contributed by atoms with E-state index >= 15 is 0 Å². The lowest BCUT2D eigenvalue weighted by Gasteiger charge is -2.34. The number of aryl methyl sites for hydroxylation is 1. The maximum Gasteiger partial charge on any atom is 0.250 e. The van der Waals surface area contributed by atoms with Crippen molar-refractivity contribution in [2.75, 3.05) is 13.7 Å². The van der Waals surface area contributed by atoms with Gasteiger partial charge in [0.1, 0.15) is 11.6 Å². The molecule has 2 heterocycles. The van der Waals surface area contributed by atoms with Crippen LogP contribution in [0.25, 0.3) is 11.8 Å². The van der Waals surface area contributed by atoms with Gasteiger partial charge in [-0.3, -0.25) is 4.79 Å². The summed E-state index contributed by atoms with van der Waals surface area (Å²) >= 11 is 0. The lowest BCUT2D eigenvalue weighted by Crippen LogP contribution is -2.38. The summed E-state index contributed by atoms with van der Waals surface area (Å²) in [6.45, 7) is 4.62. The number of hydrogen-bond donors (Lipinski definition) is 0. The normalized spacial score (nSPS) is 16.6. The number of aromatic nitrogens is 2. The molecule has 0 radical (unpaired) electrons. The van der Waals surface area contributed by atoms with Crippen molar-refractivity contribution in [3.63, 3.8) is 0 Å². The van der Waals surface area contributed by atoms with E-state index in [9.17, 15) is 9.18 Å². The fourth-order valence-corrected chi connectivity index (χ4v) is 4.01. The van der Waals surface area contributed by atoms with Gasteiger partial charge in [0.05, 0.1) is 30.9 Å². The van der Waals surface area contributed by atoms with Crippen LogP contribution in [0.5, 0.6) is 5.75 Å². The average molecular weight is 420 g/mol. The molecule has 0 saturated carbocycles. The van der Waals surface area contributed by atoms with Gasteiger partial charge >= 0.3 is 0 Å². The largest absolute Gasteiger partial charge is 0.495 e. The second-order valence-electron chi connectivity index (χ2n) is 7.85. The fraction of sp³-hybridized carbons (Fsp3) is 0.280. The molecule has 0 aliphatic carbocycles. The highest BCUT2D eigenvalue weighted by molar-refractivity contribution is 5.98. The number of likely N-dealkylation sites (tertiary alicyclic amines) is 1. The Hall–Kier alpha value is -3.41. The molecule has 3 aromatic rings. The number of amides is 1. The second kappa shape index (κ2) is 8.76. The van der Waals surface area contributed by atoms with Gasteiger partial charge in [0.25, 0.3) is 0 Å². The Balaban J connectivity index is 1.59. The number of methoxy groups -OCH3 is 1. The summed E-state index contributed by atoms with van der Waals surface area (Å²) in [7, 11) is 1.64. The number of benzene rings is 2. The number of rotatable bonds is 5. The van der Waals surface area contributed by atoms with E-state index in [1.165, 1.54) is 12.1 Å². The minimum atomic E-state index is -0.273. The Morgan fingerprint density at radius 3 is 2.65 bits per heavy atom. The Labute approximate surface area is 181 Å². The molecule has 1 aromatic heterocycles. The molecule has 1 aliphatic heterocycles. The third-order valence-electron chi connectivity index (χ3n) is 5.74. The van der Waals surface area contributed by atoms with Crippen molar-refractivity contribution in [3.05, 3.63) is 83.2 Å². The van der Waals surface area contributed by atoms with Gasteiger partial charge in [-0.2, -0.15) is 0 Å². The Morgan fingerprint density at radius 1 is 1.19 bits per heavy atom. The van der Waals surface area contributed by atoms with Crippen molar-refractivity contribution in [1.29, 1.82) is 0 Å². The second-order valence-corrected chi connectivity index (χ2v) is 7.85. The molecular formula is C25H26FN3O2. The summed E-state index contributed by atoms with van der Waals surface area (Å²) in [5.74, 6) is 0.465. The molecule has 1 amide bonds. The Morgan fingerprint density at radius 2 is 1.97 bits per heavy atom. The quantitative estimate of drug-likeness (QED) is 0.541. The van der Waals surface area contributed by atoms with E-state index < -0.39 is 0 Å². The smallest absolute Gasteiger partial charge is 0.250 e. The van der Waals surface area contributed by atoms with Gasteiger partial charge in [-0.15, -0.1) is 0 Å². The highest BCUT2D eigenvalue weighted by atomic mass is 19.1. The molecule has 1 atom stereocenters. The number of nitrogens with zero attached hydrogens (tertiary/aromatic N) is 3. The Bertz CT molecular complexity index is 1120. The number of carbonyl (C=O) groups is 1. The average Bonchev–Trinajstić information content (AvgIpc) is 3.21. The van der Waals surface area contributed by atoms with Gasteiger partial charge < -0.3 is 14.2 Å². The van der Waals surface area contributed by atoms with Crippen LogP contribution in [0.4, 0.5) is 4.39 Å². The maximum atomic E-state index is 13.3. The van der Waals surface area contributed by atoms with Gasteiger partial charge in [0.15, 0.2) is 0 Å². The van der Waals surface area contributed by atoms with Crippen molar-refractivity contribution in [1.82, 2.24) is 14.5 Å². The topological polar surface area (TPSA) is 47.4 Å². The standard InChI is InChI=1S/C25H26FN3O2/c1-17-15-28(16-27-17)23-11-6-19(14-24(23)31-3)13-21-5-4-12-29(25(21)30)18(2)20-7-9-22(26)10-8-20/h6-11,13-16,18H,4-5,12H2,1-3H3/t18-/m1/s1. The summed E-state index contributed by atoms with van der Waals surface area (Å²) in [6, 6.07) is 12.1. The van der Waals surface area contributed by atoms with E-state index in [-0.39, 0.29) is 17.8 Å². The molecule has 31 heavy (non-hydrogen) atoms. The maximum absolute atomic E-state index is 13.3. The van der Waals surface area contributed by atoms with Gasteiger partial charge in [0.2, 0.25) is 5.91 Å². The van der Waals surface area contributed by atoms with E-state index in [1.807, 2.05) is 53.8 Å². The Kier molecular flexibility index (Phi) is 5.89. The number of piperidine rings is 1. The third kappa shape index (κ3) is 4.38. The van der Waals surface area contributed by atoms with E-state index in [4.69, 9.17) is 4.74 Å². The van der Waals surface area contributed by atoms with Gasteiger partial charge in [-0.1, -0.05) is 18.2 Å². The fourth-order valence-electron chi connectivity index (χ4n) is 4.01. The van der Waals surface area contributed by atoms with E-state index in [1.54, 1.807) is 25.6 Å². The summed E-state index contributed by atoms with van der Waals surface area (Å²) in [4.78, 5) is 19.3. The SMILES string of the molecule is COc1cc(C=C2CCCN([C@H](C)c3ccc(F)cc3)C2=O)ccc1-n1cnc(C)c1. The minimum absolute atomic E-state index is 0.0244. The highest BCUT2D eigenvalue weighted by Crippen LogP contribution is 2.30. The molecule has 160 valence electrons. The first-order chi connectivity index (χ1) is 15.0. The zero-order valence-electron chi connectivity index (χ0n) is 18.0. The highest BCUT2D eigenvalue weighted by Gasteiger charge is 2.28. The number of ether oxygens (including phenoxy) is 1. The molecule has 6 heteroatoms. The van der Waals surface area contributed by atoms with Crippen molar-refractivity contribution >= 4 is 12.0 Å². The first-order valence-corrected chi connectivity index (χ1v) is 10.4. The molecule has 0 N–H and O–H groups in total. The van der Waals surface area contributed by atoms with Gasteiger partial charge in [-0.05, 0) is 68.2 Å². The van der Waals surface area contributed by atoms with Gasteiger partial charge in [0, 0.05) is 18.3 Å². The minimum Gasteiger partial charge on any atom is -0.495 e. The van der Waals surface area contributed by atoms with Crippen LogP contribution in [0.1, 0.15) is 42.6 Å². The number of imidazole rings is 1. The van der Waals surface area contributed by atoms with Crippen molar-refractivity contribution in [2.45, 2.75) is 32.7 Å². The molecule has 1 fully saturated rings. The van der Waals surface area contributed by atoms with Crippen molar-refractivity contribution < 1.29 is 13.9 Å². The van der Waals surface area contributed by atoms with Crippen LogP contribution in [0.2, 0.25) is 0 Å². The number of carbonyl (C=O) groups excluding carboxylic acids is 1.